The van der Waals surface area contributed by atoms with Crippen molar-refractivity contribution in [3.8, 4) is 0 Å². The van der Waals surface area contributed by atoms with Gasteiger partial charge >= 0.3 is 23.9 Å². The highest BCUT2D eigenvalue weighted by atomic mass is 16.6. The van der Waals surface area contributed by atoms with Crippen LogP contribution in [0.2, 0.25) is 0 Å². The molecule has 5 aromatic rings. The van der Waals surface area contributed by atoms with Crippen molar-refractivity contribution in [2.45, 2.75) is 37.9 Å². The quantitative estimate of drug-likeness (QED) is 0.0490. The highest BCUT2D eigenvalue weighted by molar-refractivity contribution is 5.92. The van der Waals surface area contributed by atoms with Gasteiger partial charge in [-0.05, 0) is 61.0 Å². The van der Waals surface area contributed by atoms with E-state index in [1.807, 2.05) is 30.3 Å². The monoisotopic (exact) mass is 685 g/mol. The summed E-state index contributed by atoms with van der Waals surface area (Å²) in [6.45, 7) is 1.55. The molecular weight excluding hydrogens is 650 g/mol. The van der Waals surface area contributed by atoms with Gasteiger partial charge in [0.25, 0.3) is 0 Å². The SMILES string of the molecule is C[C@H](OC(=O)c1ccccc1)[C@H](OC(=O)c1ccccc1)[C@@H](OC(=O)c1ccccc1)[C@H](/C=N\OCc1ccccc1)OC(=O)c1ccccc1. The molecule has 0 saturated heterocycles. The minimum Gasteiger partial charge on any atom is -0.455 e. The number of oxime groups is 1. The van der Waals surface area contributed by atoms with E-state index in [2.05, 4.69) is 5.16 Å². The molecule has 0 radical (unpaired) electrons. The maximum Gasteiger partial charge on any atom is 0.338 e. The predicted octanol–water partition coefficient (Wildman–Crippen LogP) is 7.11. The van der Waals surface area contributed by atoms with Gasteiger partial charge in [0, 0.05) is 0 Å². The predicted molar refractivity (Wildman–Crippen MR) is 188 cm³/mol. The first-order valence-corrected chi connectivity index (χ1v) is 16.1. The van der Waals surface area contributed by atoms with Crippen LogP contribution in [0.5, 0.6) is 0 Å². The minimum absolute atomic E-state index is 0.0721. The number of rotatable bonds is 15. The molecule has 5 aromatic carbocycles. The lowest BCUT2D eigenvalue weighted by molar-refractivity contribution is -0.106. The summed E-state index contributed by atoms with van der Waals surface area (Å²) >= 11 is 0. The molecule has 0 aromatic heterocycles. The van der Waals surface area contributed by atoms with Gasteiger partial charge in [-0.2, -0.15) is 0 Å². The second-order valence-corrected chi connectivity index (χ2v) is 11.2. The summed E-state index contributed by atoms with van der Waals surface area (Å²) in [5, 5.41) is 4.06. The van der Waals surface area contributed by atoms with Crippen molar-refractivity contribution in [2.24, 2.45) is 5.16 Å². The van der Waals surface area contributed by atoms with Gasteiger partial charge in [-0.1, -0.05) is 108 Å². The van der Waals surface area contributed by atoms with Gasteiger partial charge in [0.15, 0.2) is 18.3 Å². The topological polar surface area (TPSA) is 127 Å². The fraction of sp³-hybridized carbons (Fsp3) is 0.146. The van der Waals surface area contributed by atoms with E-state index in [1.54, 1.807) is 97.1 Å². The van der Waals surface area contributed by atoms with Gasteiger partial charge in [0.05, 0.1) is 28.5 Å². The Labute approximate surface area is 295 Å². The van der Waals surface area contributed by atoms with E-state index in [1.165, 1.54) is 31.2 Å². The second-order valence-electron chi connectivity index (χ2n) is 11.2. The summed E-state index contributed by atoms with van der Waals surface area (Å²) in [7, 11) is 0. The van der Waals surface area contributed by atoms with Gasteiger partial charge in [0.2, 0.25) is 0 Å². The van der Waals surface area contributed by atoms with Gasteiger partial charge in [-0.3, -0.25) is 0 Å². The van der Waals surface area contributed by atoms with Crippen molar-refractivity contribution < 1.29 is 43.0 Å². The fourth-order valence-electron chi connectivity index (χ4n) is 4.90. The van der Waals surface area contributed by atoms with Crippen LogP contribution >= 0.6 is 0 Å². The smallest absolute Gasteiger partial charge is 0.338 e. The molecule has 0 bridgehead atoms. The number of esters is 4. The van der Waals surface area contributed by atoms with Gasteiger partial charge in [-0.15, -0.1) is 0 Å². The first-order valence-electron chi connectivity index (χ1n) is 16.1. The summed E-state index contributed by atoms with van der Waals surface area (Å²) < 4.78 is 23.7. The number of hydrogen-bond acceptors (Lipinski definition) is 10. The number of carbonyl (C=O) groups excluding carboxylic acids is 4. The summed E-state index contributed by atoms with van der Waals surface area (Å²) in [6, 6.07) is 41.8. The Morgan fingerprint density at radius 3 is 1.27 bits per heavy atom. The molecule has 0 unspecified atom stereocenters. The Hall–Kier alpha value is -6.55. The Morgan fingerprint density at radius 1 is 0.490 bits per heavy atom. The molecule has 0 aliphatic rings. The van der Waals surface area contributed by atoms with Gasteiger partial charge < -0.3 is 23.8 Å². The molecule has 0 heterocycles. The molecular formula is C41H35NO9. The lowest BCUT2D eigenvalue weighted by Gasteiger charge is -2.33. The minimum atomic E-state index is -1.61. The molecule has 0 spiro atoms. The van der Waals surface area contributed by atoms with Crippen LogP contribution in [0.15, 0.2) is 157 Å². The van der Waals surface area contributed by atoms with E-state index in [4.69, 9.17) is 23.8 Å². The van der Waals surface area contributed by atoms with Crippen LogP contribution in [-0.4, -0.2) is 54.5 Å². The van der Waals surface area contributed by atoms with Crippen LogP contribution in [-0.2, 0) is 30.4 Å². The van der Waals surface area contributed by atoms with Gasteiger partial charge in [0.1, 0.15) is 12.7 Å². The van der Waals surface area contributed by atoms with Crippen LogP contribution in [0, 0.1) is 0 Å². The number of carbonyl (C=O) groups is 4. The fourth-order valence-corrected chi connectivity index (χ4v) is 4.90. The third-order valence-corrected chi connectivity index (χ3v) is 7.53. The van der Waals surface area contributed by atoms with Crippen molar-refractivity contribution in [2.75, 3.05) is 0 Å². The zero-order chi connectivity index (χ0) is 35.8. The van der Waals surface area contributed by atoms with E-state index < -0.39 is 48.3 Å². The zero-order valence-corrected chi connectivity index (χ0v) is 27.6. The lowest BCUT2D eigenvalue weighted by atomic mass is 10.0. The van der Waals surface area contributed by atoms with E-state index >= 15 is 0 Å². The van der Waals surface area contributed by atoms with Crippen LogP contribution in [0.25, 0.3) is 0 Å². The molecule has 5 rings (SSSR count). The highest BCUT2D eigenvalue weighted by Gasteiger charge is 2.43. The maximum atomic E-state index is 13.7. The summed E-state index contributed by atoms with van der Waals surface area (Å²) in [5.74, 6) is -3.16. The molecule has 0 fully saturated rings. The molecule has 0 saturated carbocycles. The van der Waals surface area contributed by atoms with Crippen molar-refractivity contribution >= 4 is 30.1 Å². The maximum absolute atomic E-state index is 13.7. The molecule has 4 atom stereocenters. The zero-order valence-electron chi connectivity index (χ0n) is 27.6. The van der Waals surface area contributed by atoms with E-state index in [0.29, 0.717) is 0 Å². The number of hydrogen-bond donors (Lipinski definition) is 0. The highest BCUT2D eigenvalue weighted by Crippen LogP contribution is 2.23. The van der Waals surface area contributed by atoms with Gasteiger partial charge in [-0.25, -0.2) is 19.2 Å². The Kier molecular flexibility index (Phi) is 12.8. The summed E-state index contributed by atoms with van der Waals surface area (Å²) in [4.78, 5) is 59.6. The van der Waals surface area contributed by atoms with E-state index in [9.17, 15) is 19.2 Å². The molecule has 10 nitrogen and oxygen atoms in total. The molecule has 51 heavy (non-hydrogen) atoms. The lowest BCUT2D eigenvalue weighted by Crippen LogP contribution is -2.51. The number of nitrogens with zero attached hydrogens (tertiary/aromatic N) is 1. The summed E-state index contributed by atoms with van der Waals surface area (Å²) in [5.41, 5.74) is 1.58. The van der Waals surface area contributed by atoms with Crippen LogP contribution in [0.1, 0.15) is 53.9 Å². The largest absolute Gasteiger partial charge is 0.455 e. The normalized spacial score (nSPS) is 13.2. The third-order valence-electron chi connectivity index (χ3n) is 7.53. The number of ether oxygens (including phenoxy) is 4. The average Bonchev–Trinajstić information content (AvgIpc) is 3.18. The van der Waals surface area contributed by atoms with Crippen molar-refractivity contribution in [1.29, 1.82) is 0 Å². The van der Waals surface area contributed by atoms with Crippen LogP contribution in [0.4, 0.5) is 0 Å². The Morgan fingerprint density at radius 2 is 0.843 bits per heavy atom. The molecule has 10 heteroatoms. The van der Waals surface area contributed by atoms with Crippen molar-refractivity contribution in [1.82, 2.24) is 0 Å². The Balaban J connectivity index is 1.55. The molecule has 0 aliphatic carbocycles. The molecule has 258 valence electrons. The third kappa shape index (κ3) is 10.5. The van der Waals surface area contributed by atoms with E-state index in [0.717, 1.165) is 11.8 Å². The second kappa shape index (κ2) is 18.3. The summed E-state index contributed by atoms with van der Waals surface area (Å²) in [6.07, 6.45) is -4.78. The van der Waals surface area contributed by atoms with E-state index in [-0.39, 0.29) is 28.9 Å². The standard InChI is InChI=1S/C41H35NO9/c1-29(48-38(43)31-19-9-3-10-20-31)36(50-40(45)33-23-13-5-14-24-33)37(51-41(46)34-25-15-6-16-26-34)35(49-39(44)32-21-11-4-12-22-32)27-42-47-28-30-17-7-2-8-18-30/h2-27,29,35-37H,28H2,1H3/b42-27-/t29-,35-,36-,37-/m0/s1. The first kappa shape index (κ1) is 35.7. The number of benzene rings is 5. The van der Waals surface area contributed by atoms with Crippen molar-refractivity contribution in [3.05, 3.63) is 179 Å². The average molecular weight is 686 g/mol. The molecule has 0 amide bonds. The van der Waals surface area contributed by atoms with Crippen molar-refractivity contribution in [3.63, 3.8) is 0 Å². The van der Waals surface area contributed by atoms with Crippen LogP contribution < -0.4 is 0 Å². The Bertz CT molecular complexity index is 1890. The molecule has 0 N–H and O–H groups in total. The molecule has 0 aliphatic heterocycles. The van der Waals surface area contributed by atoms with Crippen LogP contribution in [0.3, 0.4) is 0 Å². The first-order chi connectivity index (χ1) is 24.9.